The number of carbonyl (C=O) groups is 1. The monoisotopic (exact) mass is 448 g/mol. The summed E-state index contributed by atoms with van der Waals surface area (Å²) in [5, 5.41) is 3.26. The molecular weight excluding hydrogens is 424 g/mol. The van der Waals surface area contributed by atoms with Crippen LogP contribution < -0.4 is 19.7 Å². The topological polar surface area (TPSA) is 63.9 Å². The lowest BCUT2D eigenvalue weighted by Crippen LogP contribution is -2.30. The number of para-hydroxylation sites is 2. The molecule has 0 bridgehead atoms. The molecule has 0 radical (unpaired) electrons. The third-order valence-corrected chi connectivity index (χ3v) is 5.11. The van der Waals surface area contributed by atoms with Gasteiger partial charge in [-0.1, -0.05) is 18.2 Å². The van der Waals surface area contributed by atoms with Gasteiger partial charge in [0.15, 0.2) is 5.11 Å². The second-order valence-electron chi connectivity index (χ2n) is 7.45. The number of ether oxygens (including phenoxy) is 2. The highest BCUT2D eigenvalue weighted by Crippen LogP contribution is 2.31. The van der Waals surface area contributed by atoms with E-state index in [9.17, 15) is 4.79 Å². The molecule has 1 amide bonds. The minimum atomic E-state index is -0.272. The highest BCUT2D eigenvalue weighted by molar-refractivity contribution is 7.80. The fraction of sp³-hybridized carbons (Fsp3) is 0.200. The Labute approximate surface area is 192 Å². The van der Waals surface area contributed by atoms with Crippen molar-refractivity contribution in [3.05, 3.63) is 82.9 Å². The number of carbonyl (C=O) groups excluding carboxylic acids is 1. The molecule has 1 N–H and O–H groups in total. The Balaban J connectivity index is 1.49. The summed E-state index contributed by atoms with van der Waals surface area (Å²) in [5.74, 6) is 2.30. The lowest BCUT2D eigenvalue weighted by molar-refractivity contribution is -0.113. The maximum Gasteiger partial charge on any atom is 0.281 e. The molecule has 0 unspecified atom stereocenters. The third-order valence-electron chi connectivity index (χ3n) is 4.83. The maximum absolute atomic E-state index is 13.0. The molecule has 32 heavy (non-hydrogen) atoms. The van der Waals surface area contributed by atoms with Crippen molar-refractivity contribution in [2.24, 2.45) is 0 Å². The summed E-state index contributed by atoms with van der Waals surface area (Å²) in [6.07, 6.45) is 1.64. The molecule has 1 aliphatic rings. The van der Waals surface area contributed by atoms with Gasteiger partial charge in [-0.2, -0.15) is 0 Å². The fourth-order valence-corrected chi connectivity index (χ4v) is 3.83. The summed E-state index contributed by atoms with van der Waals surface area (Å²) in [6, 6.07) is 17.0. The van der Waals surface area contributed by atoms with Crippen molar-refractivity contribution in [3.8, 4) is 11.5 Å². The lowest BCUT2D eigenvalue weighted by atomic mass is 10.1. The van der Waals surface area contributed by atoms with Gasteiger partial charge in [-0.15, -0.1) is 0 Å². The van der Waals surface area contributed by atoms with E-state index in [-0.39, 0.29) is 5.91 Å². The second kappa shape index (κ2) is 9.28. The van der Waals surface area contributed by atoms with Crippen molar-refractivity contribution in [2.45, 2.75) is 27.4 Å². The smallest absolute Gasteiger partial charge is 0.281 e. The summed E-state index contributed by atoms with van der Waals surface area (Å²) >= 11 is 5.41. The Morgan fingerprint density at radius 1 is 1.06 bits per heavy atom. The molecule has 0 spiro atoms. The van der Waals surface area contributed by atoms with Crippen molar-refractivity contribution in [1.82, 2.24) is 5.32 Å². The zero-order valence-corrected chi connectivity index (χ0v) is 19.0. The average molecular weight is 449 g/mol. The van der Waals surface area contributed by atoms with Gasteiger partial charge in [0.05, 0.1) is 12.3 Å². The van der Waals surface area contributed by atoms with E-state index in [0.717, 1.165) is 16.9 Å². The molecule has 0 atom stereocenters. The SMILES string of the molecule is CCOc1ccccc1N1C(=O)/C(=C\c2ccc(COc3cc(C)cc(C)c3)o2)NC1=S. The van der Waals surface area contributed by atoms with E-state index in [1.54, 1.807) is 18.2 Å². The number of amides is 1. The average Bonchev–Trinajstić information content (AvgIpc) is 3.31. The molecular formula is C25H24N2O4S. The van der Waals surface area contributed by atoms with Crippen molar-refractivity contribution in [3.63, 3.8) is 0 Å². The number of aryl methyl sites for hydroxylation is 2. The van der Waals surface area contributed by atoms with Gasteiger partial charge in [-0.25, -0.2) is 4.90 Å². The minimum Gasteiger partial charge on any atom is -0.492 e. The molecule has 4 rings (SSSR count). The summed E-state index contributed by atoms with van der Waals surface area (Å²) in [7, 11) is 0. The molecule has 2 aromatic carbocycles. The zero-order chi connectivity index (χ0) is 22.7. The van der Waals surface area contributed by atoms with Gasteiger partial charge in [0, 0.05) is 6.08 Å². The van der Waals surface area contributed by atoms with E-state index in [1.165, 1.54) is 4.90 Å². The first-order valence-corrected chi connectivity index (χ1v) is 10.7. The third kappa shape index (κ3) is 4.68. The van der Waals surface area contributed by atoms with E-state index < -0.39 is 0 Å². The number of anilines is 1. The molecule has 0 saturated carbocycles. The van der Waals surface area contributed by atoms with Gasteiger partial charge in [0.25, 0.3) is 5.91 Å². The largest absolute Gasteiger partial charge is 0.492 e. The number of rotatable bonds is 7. The molecule has 164 valence electrons. The van der Waals surface area contributed by atoms with E-state index in [1.807, 2.05) is 57.2 Å². The molecule has 0 aliphatic carbocycles. The summed E-state index contributed by atoms with van der Waals surface area (Å²) in [5.41, 5.74) is 3.21. The molecule has 2 heterocycles. The molecule has 6 nitrogen and oxygen atoms in total. The Morgan fingerprint density at radius 3 is 2.56 bits per heavy atom. The second-order valence-corrected chi connectivity index (χ2v) is 7.83. The molecule has 1 aromatic heterocycles. The van der Waals surface area contributed by atoms with Gasteiger partial charge in [0.2, 0.25) is 0 Å². The fourth-order valence-electron chi connectivity index (χ4n) is 3.54. The number of hydrogen-bond acceptors (Lipinski definition) is 5. The first-order chi connectivity index (χ1) is 15.4. The molecule has 1 fully saturated rings. The highest BCUT2D eigenvalue weighted by Gasteiger charge is 2.34. The van der Waals surface area contributed by atoms with Crippen molar-refractivity contribution in [2.75, 3.05) is 11.5 Å². The van der Waals surface area contributed by atoms with E-state index in [2.05, 4.69) is 11.4 Å². The van der Waals surface area contributed by atoms with Crippen LogP contribution >= 0.6 is 12.2 Å². The number of hydrogen-bond donors (Lipinski definition) is 1. The Hall–Kier alpha value is -3.58. The maximum atomic E-state index is 13.0. The Kier molecular flexibility index (Phi) is 6.28. The summed E-state index contributed by atoms with van der Waals surface area (Å²) in [6.45, 7) is 6.73. The van der Waals surface area contributed by atoms with E-state index in [0.29, 0.717) is 47.0 Å². The van der Waals surface area contributed by atoms with Gasteiger partial charge >= 0.3 is 0 Å². The van der Waals surface area contributed by atoms with Crippen molar-refractivity contribution < 1.29 is 18.7 Å². The first-order valence-electron chi connectivity index (χ1n) is 10.3. The zero-order valence-electron chi connectivity index (χ0n) is 18.2. The first kappa shape index (κ1) is 21.6. The molecule has 1 aliphatic heterocycles. The summed E-state index contributed by atoms with van der Waals surface area (Å²) < 4.78 is 17.3. The normalized spacial score (nSPS) is 14.7. The Morgan fingerprint density at radius 2 is 1.81 bits per heavy atom. The van der Waals surface area contributed by atoms with Gasteiger partial charge in [0.1, 0.15) is 35.3 Å². The van der Waals surface area contributed by atoms with Crippen LogP contribution in [0.4, 0.5) is 5.69 Å². The molecule has 7 heteroatoms. The van der Waals surface area contributed by atoms with E-state index in [4.69, 9.17) is 26.1 Å². The quantitative estimate of drug-likeness (QED) is 0.399. The van der Waals surface area contributed by atoms with Crippen LogP contribution in [0.1, 0.15) is 29.6 Å². The highest BCUT2D eigenvalue weighted by atomic mass is 32.1. The van der Waals surface area contributed by atoms with Crippen LogP contribution in [0, 0.1) is 13.8 Å². The van der Waals surface area contributed by atoms with Crippen LogP contribution in [0.25, 0.3) is 6.08 Å². The number of benzene rings is 2. The van der Waals surface area contributed by atoms with Crippen LogP contribution in [-0.4, -0.2) is 17.6 Å². The standard InChI is InChI=1S/C25H24N2O4S/c1-4-29-23-8-6-5-7-22(23)27-24(28)21(26-25(27)32)14-18-9-10-19(31-18)15-30-20-12-16(2)11-17(3)13-20/h5-14H,4,15H2,1-3H3,(H,26,32)/b21-14+. The number of thiocarbonyl (C=S) groups is 1. The van der Waals surface area contributed by atoms with Crippen LogP contribution in [-0.2, 0) is 11.4 Å². The number of furan rings is 1. The predicted molar refractivity (Wildman–Crippen MR) is 128 cm³/mol. The Bertz CT molecular complexity index is 1180. The minimum absolute atomic E-state index is 0.272. The van der Waals surface area contributed by atoms with Gasteiger partial charge < -0.3 is 19.2 Å². The van der Waals surface area contributed by atoms with E-state index >= 15 is 0 Å². The predicted octanol–water partition coefficient (Wildman–Crippen LogP) is 5.14. The number of nitrogens with zero attached hydrogens (tertiary/aromatic N) is 1. The van der Waals surface area contributed by atoms with Crippen LogP contribution in [0.2, 0.25) is 0 Å². The van der Waals surface area contributed by atoms with Crippen molar-refractivity contribution >= 4 is 35.0 Å². The molecule has 3 aromatic rings. The summed E-state index contributed by atoms with van der Waals surface area (Å²) in [4.78, 5) is 14.5. The van der Waals surface area contributed by atoms with Gasteiger partial charge in [-0.05, 0) is 80.5 Å². The van der Waals surface area contributed by atoms with Crippen LogP contribution in [0.15, 0.2) is 64.7 Å². The van der Waals surface area contributed by atoms with Gasteiger partial charge in [-0.3, -0.25) is 4.79 Å². The number of nitrogens with one attached hydrogen (secondary N) is 1. The lowest BCUT2D eigenvalue weighted by Gasteiger charge is -2.17. The van der Waals surface area contributed by atoms with Crippen LogP contribution in [0.5, 0.6) is 11.5 Å². The van der Waals surface area contributed by atoms with Crippen molar-refractivity contribution in [1.29, 1.82) is 0 Å². The van der Waals surface area contributed by atoms with Crippen LogP contribution in [0.3, 0.4) is 0 Å². The molecule has 1 saturated heterocycles.